The van der Waals surface area contributed by atoms with Crippen LogP contribution in [0.25, 0.3) is 10.6 Å². The third-order valence-electron chi connectivity index (χ3n) is 3.42. The molecule has 3 rings (SSSR count). The Bertz CT molecular complexity index is 809. The molecule has 0 atom stereocenters. The summed E-state index contributed by atoms with van der Waals surface area (Å²) in [7, 11) is 1.70. The van der Waals surface area contributed by atoms with Gasteiger partial charge < -0.3 is 9.42 Å². The molecule has 0 aliphatic rings. The molecule has 3 aromatic rings. The van der Waals surface area contributed by atoms with Crippen LogP contribution in [-0.4, -0.2) is 32.8 Å². The molecule has 0 fully saturated rings. The smallest absolute Gasteiger partial charge is 0.276 e. The van der Waals surface area contributed by atoms with E-state index in [1.54, 1.807) is 28.9 Å². The summed E-state index contributed by atoms with van der Waals surface area (Å²) in [6.45, 7) is 3.02. The first kappa shape index (κ1) is 15.8. The molecule has 0 saturated carbocycles. The maximum atomic E-state index is 12.5. The zero-order valence-corrected chi connectivity index (χ0v) is 14.3. The predicted octanol–water partition coefficient (Wildman–Crippen LogP) is 3.55. The van der Waals surface area contributed by atoms with Crippen molar-refractivity contribution in [2.75, 3.05) is 7.05 Å². The number of hydrogen-bond acceptors (Lipinski definition) is 5. The van der Waals surface area contributed by atoms with E-state index >= 15 is 0 Å². The summed E-state index contributed by atoms with van der Waals surface area (Å²) in [5, 5.41) is 10.5. The van der Waals surface area contributed by atoms with Gasteiger partial charge in [0.2, 0.25) is 0 Å². The summed E-state index contributed by atoms with van der Waals surface area (Å²) in [6, 6.07) is 5.50. The SMILES string of the molecule is CCn1ncc(Cl)c1CN(C)C(=O)c1cc(-c2cccs2)on1. The fraction of sp³-hybridized carbons (Fsp3) is 0.267. The van der Waals surface area contributed by atoms with Crippen molar-refractivity contribution in [2.45, 2.75) is 20.0 Å². The highest BCUT2D eigenvalue weighted by Crippen LogP contribution is 2.25. The van der Waals surface area contributed by atoms with Crippen LogP contribution in [0.5, 0.6) is 0 Å². The number of thiophene rings is 1. The zero-order chi connectivity index (χ0) is 16.4. The quantitative estimate of drug-likeness (QED) is 0.706. The molecule has 3 aromatic heterocycles. The van der Waals surface area contributed by atoms with Crippen LogP contribution in [0.15, 0.2) is 34.3 Å². The highest BCUT2D eigenvalue weighted by Gasteiger charge is 2.20. The molecule has 0 spiro atoms. The summed E-state index contributed by atoms with van der Waals surface area (Å²) in [4.78, 5) is 15.0. The van der Waals surface area contributed by atoms with Gasteiger partial charge in [-0.1, -0.05) is 22.8 Å². The standard InChI is InChI=1S/C15H15ClN4O2S/c1-3-20-12(10(16)8-17-20)9-19(2)15(21)11-7-13(22-18-11)14-5-4-6-23-14/h4-8H,3,9H2,1-2H3. The minimum Gasteiger partial charge on any atom is -0.355 e. The number of carbonyl (C=O) groups is 1. The summed E-state index contributed by atoms with van der Waals surface area (Å²) in [5.74, 6) is 0.366. The van der Waals surface area contributed by atoms with Crippen LogP contribution in [0.1, 0.15) is 23.1 Å². The van der Waals surface area contributed by atoms with Crippen LogP contribution in [0.4, 0.5) is 0 Å². The Labute approximate surface area is 142 Å². The van der Waals surface area contributed by atoms with Crippen molar-refractivity contribution in [2.24, 2.45) is 0 Å². The lowest BCUT2D eigenvalue weighted by Gasteiger charge is -2.16. The second-order valence-electron chi connectivity index (χ2n) is 4.97. The number of carbonyl (C=O) groups excluding carboxylic acids is 1. The molecule has 0 saturated heterocycles. The normalized spacial score (nSPS) is 10.9. The van der Waals surface area contributed by atoms with E-state index in [2.05, 4.69) is 10.3 Å². The van der Waals surface area contributed by atoms with E-state index < -0.39 is 0 Å². The van der Waals surface area contributed by atoms with Gasteiger partial charge in [0.05, 0.1) is 28.3 Å². The zero-order valence-electron chi connectivity index (χ0n) is 12.7. The second kappa shape index (κ2) is 6.55. The first-order valence-corrected chi connectivity index (χ1v) is 8.32. The molecule has 0 bridgehead atoms. The molecule has 0 aliphatic carbocycles. The Balaban J connectivity index is 1.76. The van der Waals surface area contributed by atoms with Crippen molar-refractivity contribution < 1.29 is 9.32 Å². The van der Waals surface area contributed by atoms with Gasteiger partial charge in [-0.3, -0.25) is 9.48 Å². The lowest BCUT2D eigenvalue weighted by Crippen LogP contribution is -2.27. The highest BCUT2D eigenvalue weighted by atomic mass is 35.5. The Morgan fingerprint density at radius 3 is 3.04 bits per heavy atom. The molecule has 1 amide bonds. The van der Waals surface area contributed by atoms with Crippen LogP contribution in [0, 0.1) is 0 Å². The van der Waals surface area contributed by atoms with Crippen LogP contribution in [0.3, 0.4) is 0 Å². The van der Waals surface area contributed by atoms with E-state index in [4.69, 9.17) is 16.1 Å². The fourth-order valence-corrected chi connectivity index (χ4v) is 3.09. The number of aryl methyl sites for hydroxylation is 1. The Morgan fingerprint density at radius 2 is 2.35 bits per heavy atom. The van der Waals surface area contributed by atoms with E-state index in [-0.39, 0.29) is 11.6 Å². The van der Waals surface area contributed by atoms with Crippen LogP contribution < -0.4 is 0 Å². The third kappa shape index (κ3) is 3.16. The largest absolute Gasteiger partial charge is 0.355 e. The number of rotatable bonds is 5. The maximum absolute atomic E-state index is 12.5. The van der Waals surface area contributed by atoms with Crippen molar-refractivity contribution in [1.29, 1.82) is 0 Å². The van der Waals surface area contributed by atoms with Gasteiger partial charge in [-0.25, -0.2) is 0 Å². The van der Waals surface area contributed by atoms with Crippen molar-refractivity contribution in [3.05, 3.63) is 46.2 Å². The van der Waals surface area contributed by atoms with Gasteiger partial charge in [0.1, 0.15) is 0 Å². The maximum Gasteiger partial charge on any atom is 0.276 e. The molecule has 6 nitrogen and oxygen atoms in total. The Kier molecular flexibility index (Phi) is 4.49. The molecule has 0 radical (unpaired) electrons. The van der Waals surface area contributed by atoms with E-state index in [0.717, 1.165) is 10.6 Å². The number of hydrogen-bond donors (Lipinski definition) is 0. The van der Waals surface area contributed by atoms with Crippen molar-refractivity contribution >= 4 is 28.8 Å². The van der Waals surface area contributed by atoms with E-state index in [0.29, 0.717) is 23.9 Å². The Hall–Kier alpha value is -2.12. The molecule has 120 valence electrons. The van der Waals surface area contributed by atoms with Gasteiger partial charge in [-0.15, -0.1) is 11.3 Å². The summed E-state index contributed by atoms with van der Waals surface area (Å²) in [5.41, 5.74) is 1.07. The molecule has 0 aliphatic heterocycles. The number of amides is 1. The first-order valence-electron chi connectivity index (χ1n) is 7.06. The summed E-state index contributed by atoms with van der Waals surface area (Å²) >= 11 is 7.67. The van der Waals surface area contributed by atoms with Gasteiger partial charge in [0.25, 0.3) is 5.91 Å². The topological polar surface area (TPSA) is 64.2 Å². The van der Waals surface area contributed by atoms with E-state index in [1.807, 2.05) is 24.4 Å². The van der Waals surface area contributed by atoms with Gasteiger partial charge in [-0.2, -0.15) is 5.10 Å². The van der Waals surface area contributed by atoms with Crippen molar-refractivity contribution in [1.82, 2.24) is 19.8 Å². The average molecular weight is 351 g/mol. The van der Waals surface area contributed by atoms with Gasteiger partial charge >= 0.3 is 0 Å². The predicted molar refractivity (Wildman–Crippen MR) is 88.5 cm³/mol. The van der Waals surface area contributed by atoms with Gasteiger partial charge in [0.15, 0.2) is 11.5 Å². The number of nitrogens with zero attached hydrogens (tertiary/aromatic N) is 4. The van der Waals surface area contributed by atoms with Gasteiger partial charge in [-0.05, 0) is 18.4 Å². The monoisotopic (exact) mass is 350 g/mol. The van der Waals surface area contributed by atoms with Crippen molar-refractivity contribution in [3.63, 3.8) is 0 Å². The molecule has 0 unspecified atom stereocenters. The van der Waals surface area contributed by atoms with Gasteiger partial charge in [0, 0.05) is 19.7 Å². The lowest BCUT2D eigenvalue weighted by atomic mass is 10.3. The average Bonchev–Trinajstić information content (AvgIpc) is 3.27. The Morgan fingerprint density at radius 1 is 1.52 bits per heavy atom. The molecule has 0 N–H and O–H groups in total. The van der Waals surface area contributed by atoms with Crippen LogP contribution in [-0.2, 0) is 13.1 Å². The van der Waals surface area contributed by atoms with Crippen LogP contribution in [0.2, 0.25) is 5.02 Å². The van der Waals surface area contributed by atoms with E-state index in [9.17, 15) is 4.79 Å². The number of aromatic nitrogens is 3. The first-order chi connectivity index (χ1) is 11.1. The summed E-state index contributed by atoms with van der Waals surface area (Å²) < 4.78 is 7.02. The lowest BCUT2D eigenvalue weighted by molar-refractivity contribution is 0.0771. The van der Waals surface area contributed by atoms with Crippen molar-refractivity contribution in [3.8, 4) is 10.6 Å². The molecule has 3 heterocycles. The van der Waals surface area contributed by atoms with Crippen LogP contribution >= 0.6 is 22.9 Å². The molecule has 0 aromatic carbocycles. The molecular formula is C15H15ClN4O2S. The second-order valence-corrected chi connectivity index (χ2v) is 6.32. The third-order valence-corrected chi connectivity index (χ3v) is 4.62. The molecule has 8 heteroatoms. The fourth-order valence-electron chi connectivity index (χ4n) is 2.22. The van der Waals surface area contributed by atoms with E-state index in [1.165, 1.54) is 11.3 Å². The minimum absolute atomic E-state index is 0.225. The minimum atomic E-state index is -0.225. The highest BCUT2D eigenvalue weighted by molar-refractivity contribution is 7.13. The molecular weight excluding hydrogens is 336 g/mol. The summed E-state index contributed by atoms with van der Waals surface area (Å²) in [6.07, 6.45) is 1.59. The molecule has 23 heavy (non-hydrogen) atoms. The number of halogens is 1.